The molecule has 4 radical (unpaired) electrons. The Morgan fingerprint density at radius 3 is 1.50 bits per heavy atom. The number of hydrogen-bond donors (Lipinski definition) is 0. The number of benzene rings is 1. The van der Waals surface area contributed by atoms with Crippen LogP contribution in [0.2, 0.25) is 0 Å². The van der Waals surface area contributed by atoms with Gasteiger partial charge in [0.15, 0.2) is 0 Å². The molecular formula is C8H8B2. The Morgan fingerprint density at radius 2 is 1.20 bits per heavy atom. The van der Waals surface area contributed by atoms with Crippen molar-refractivity contribution in [2.24, 2.45) is 0 Å². The molecule has 46 valence electrons. The van der Waals surface area contributed by atoms with Crippen molar-refractivity contribution in [3.05, 3.63) is 23.3 Å². The van der Waals surface area contributed by atoms with Crippen LogP contribution in [0.1, 0.15) is 11.1 Å². The highest BCUT2D eigenvalue weighted by Crippen LogP contribution is 1.93. The first-order chi connectivity index (χ1) is 4.63. The molecule has 10 heavy (non-hydrogen) atoms. The largest absolute Gasteiger partial charge is 0.113 e. The summed E-state index contributed by atoms with van der Waals surface area (Å²) in [6.45, 7) is 3.90. The van der Waals surface area contributed by atoms with Crippen molar-refractivity contribution in [3.8, 4) is 0 Å². The highest BCUT2D eigenvalue weighted by atomic mass is 14.0. The predicted molar refractivity (Wildman–Crippen MR) is 46.7 cm³/mol. The summed E-state index contributed by atoms with van der Waals surface area (Å²) in [4.78, 5) is 0. The Hall–Kier alpha value is -0.650. The number of hydrogen-bond acceptors (Lipinski definition) is 0. The third kappa shape index (κ3) is 1.11. The molecular weight excluding hydrogens is 118 g/mol. The lowest BCUT2D eigenvalue weighted by atomic mass is 9.76. The molecule has 0 aliphatic heterocycles. The van der Waals surface area contributed by atoms with Crippen LogP contribution >= 0.6 is 0 Å². The fourth-order valence-electron chi connectivity index (χ4n) is 0.854. The maximum atomic E-state index is 5.66. The highest BCUT2D eigenvalue weighted by Gasteiger charge is 1.96. The first kappa shape index (κ1) is 7.46. The van der Waals surface area contributed by atoms with Crippen LogP contribution < -0.4 is 10.9 Å². The Labute approximate surface area is 64.5 Å². The van der Waals surface area contributed by atoms with E-state index in [1.807, 2.05) is 26.0 Å². The van der Waals surface area contributed by atoms with Crippen LogP contribution in [0.15, 0.2) is 12.1 Å². The van der Waals surface area contributed by atoms with Gasteiger partial charge in [0.2, 0.25) is 0 Å². The summed E-state index contributed by atoms with van der Waals surface area (Å²) in [5.74, 6) is 0. The summed E-state index contributed by atoms with van der Waals surface area (Å²) in [6.07, 6.45) is 0. The average molecular weight is 126 g/mol. The molecule has 1 rings (SSSR count). The van der Waals surface area contributed by atoms with Gasteiger partial charge in [0.25, 0.3) is 0 Å². The van der Waals surface area contributed by atoms with Gasteiger partial charge in [-0.05, 0) is 13.8 Å². The van der Waals surface area contributed by atoms with Crippen molar-refractivity contribution in [3.63, 3.8) is 0 Å². The lowest BCUT2D eigenvalue weighted by molar-refractivity contribution is 1.46. The second-order valence-corrected chi connectivity index (χ2v) is 2.53. The van der Waals surface area contributed by atoms with Gasteiger partial charge in [0, 0.05) is 0 Å². The van der Waals surface area contributed by atoms with Crippen LogP contribution in [0.25, 0.3) is 0 Å². The van der Waals surface area contributed by atoms with Gasteiger partial charge in [-0.25, -0.2) is 0 Å². The van der Waals surface area contributed by atoms with Gasteiger partial charge in [-0.15, -0.1) is 10.9 Å². The standard InChI is InChI=1S/C8H8B2/c1-5-3-4-6(2)8(10)7(5)9/h3-4H,1-2H3. The molecule has 0 heterocycles. The van der Waals surface area contributed by atoms with Crippen LogP contribution in [-0.2, 0) is 0 Å². The lowest BCUT2D eigenvalue weighted by Crippen LogP contribution is -2.30. The van der Waals surface area contributed by atoms with Crippen molar-refractivity contribution in [1.29, 1.82) is 0 Å². The van der Waals surface area contributed by atoms with Gasteiger partial charge in [-0.3, -0.25) is 0 Å². The first-order valence-electron chi connectivity index (χ1n) is 3.24. The molecule has 1 aromatic carbocycles. The maximum absolute atomic E-state index is 5.66. The first-order valence-corrected chi connectivity index (χ1v) is 3.24. The van der Waals surface area contributed by atoms with E-state index in [4.69, 9.17) is 15.7 Å². The molecule has 0 amide bonds. The zero-order valence-electron chi connectivity index (χ0n) is 6.31. The fourth-order valence-corrected chi connectivity index (χ4v) is 0.854. The van der Waals surface area contributed by atoms with Crippen LogP contribution in [0, 0.1) is 13.8 Å². The summed E-state index contributed by atoms with van der Waals surface area (Å²) >= 11 is 0. The van der Waals surface area contributed by atoms with E-state index in [2.05, 4.69) is 0 Å². The van der Waals surface area contributed by atoms with Crippen LogP contribution in [0.4, 0.5) is 0 Å². The third-order valence-electron chi connectivity index (χ3n) is 1.72. The monoisotopic (exact) mass is 126 g/mol. The molecule has 1 aromatic rings. The van der Waals surface area contributed by atoms with Gasteiger partial charge in [0.1, 0.15) is 15.7 Å². The van der Waals surface area contributed by atoms with Crippen molar-refractivity contribution in [1.82, 2.24) is 0 Å². The molecule has 0 saturated heterocycles. The van der Waals surface area contributed by atoms with Crippen molar-refractivity contribution in [2.45, 2.75) is 13.8 Å². The molecule has 0 saturated carbocycles. The molecule has 0 aliphatic carbocycles. The summed E-state index contributed by atoms with van der Waals surface area (Å²) in [7, 11) is 11.3. The molecule has 0 N–H and O–H groups in total. The van der Waals surface area contributed by atoms with E-state index in [0.717, 1.165) is 11.1 Å². The summed E-state index contributed by atoms with van der Waals surface area (Å²) in [6, 6.07) is 3.95. The van der Waals surface area contributed by atoms with Crippen molar-refractivity contribution >= 4 is 26.6 Å². The van der Waals surface area contributed by atoms with E-state index in [-0.39, 0.29) is 0 Å². The lowest BCUT2D eigenvalue weighted by Gasteiger charge is -2.07. The third-order valence-corrected chi connectivity index (χ3v) is 1.72. The zero-order valence-corrected chi connectivity index (χ0v) is 6.31. The molecule has 2 heteroatoms. The minimum atomic E-state index is 0.708. The smallest absolute Gasteiger partial charge is 0.100 e. The van der Waals surface area contributed by atoms with Crippen LogP contribution in [-0.4, -0.2) is 15.7 Å². The second kappa shape index (κ2) is 2.53. The Balaban J connectivity index is 3.34. The number of rotatable bonds is 0. The van der Waals surface area contributed by atoms with E-state index in [0.29, 0.717) is 10.9 Å². The summed E-state index contributed by atoms with van der Waals surface area (Å²) < 4.78 is 0. The molecule has 0 aliphatic rings. The van der Waals surface area contributed by atoms with E-state index in [1.54, 1.807) is 0 Å². The Bertz CT molecular complexity index is 227. The zero-order chi connectivity index (χ0) is 7.72. The normalized spacial score (nSPS) is 9.80. The van der Waals surface area contributed by atoms with E-state index >= 15 is 0 Å². The van der Waals surface area contributed by atoms with Gasteiger partial charge in [-0.1, -0.05) is 23.3 Å². The summed E-state index contributed by atoms with van der Waals surface area (Å²) in [5.41, 5.74) is 3.51. The second-order valence-electron chi connectivity index (χ2n) is 2.53. The minimum absolute atomic E-state index is 0.708. The van der Waals surface area contributed by atoms with Crippen LogP contribution in [0.5, 0.6) is 0 Å². The quantitative estimate of drug-likeness (QED) is 0.425. The molecule has 0 spiro atoms. The molecule has 0 nitrogen and oxygen atoms in total. The van der Waals surface area contributed by atoms with Gasteiger partial charge in [-0.2, -0.15) is 0 Å². The Morgan fingerprint density at radius 1 is 0.900 bits per heavy atom. The number of aryl methyl sites for hydroxylation is 2. The Kier molecular flexibility index (Phi) is 1.89. The van der Waals surface area contributed by atoms with E-state index in [1.165, 1.54) is 0 Å². The predicted octanol–water partition coefficient (Wildman–Crippen LogP) is -0.109. The molecule has 0 fully saturated rings. The summed E-state index contributed by atoms with van der Waals surface area (Å²) in [5, 5.41) is 0. The molecule has 0 bridgehead atoms. The van der Waals surface area contributed by atoms with Crippen molar-refractivity contribution < 1.29 is 0 Å². The molecule has 0 aromatic heterocycles. The molecule has 0 atom stereocenters. The minimum Gasteiger partial charge on any atom is -0.100 e. The fraction of sp³-hybridized carbons (Fsp3) is 0.250. The van der Waals surface area contributed by atoms with Gasteiger partial charge in [0.05, 0.1) is 0 Å². The van der Waals surface area contributed by atoms with Gasteiger partial charge >= 0.3 is 0 Å². The molecule has 0 unspecified atom stereocenters. The maximum Gasteiger partial charge on any atom is 0.113 e. The van der Waals surface area contributed by atoms with Crippen LogP contribution in [0.3, 0.4) is 0 Å². The van der Waals surface area contributed by atoms with E-state index < -0.39 is 0 Å². The van der Waals surface area contributed by atoms with Crippen molar-refractivity contribution in [2.75, 3.05) is 0 Å². The topological polar surface area (TPSA) is 0 Å². The average Bonchev–Trinajstić information content (AvgIpc) is 1.93. The van der Waals surface area contributed by atoms with Gasteiger partial charge < -0.3 is 0 Å². The highest BCUT2D eigenvalue weighted by molar-refractivity contribution is 6.49. The SMILES string of the molecule is [B]c1c(C)ccc(C)c1[B]. The van der Waals surface area contributed by atoms with E-state index in [9.17, 15) is 0 Å².